The van der Waals surface area contributed by atoms with Crippen molar-refractivity contribution >= 4 is 11.8 Å². The van der Waals surface area contributed by atoms with Gasteiger partial charge in [-0.25, -0.2) is 4.98 Å². The number of nitriles is 1. The van der Waals surface area contributed by atoms with Gasteiger partial charge in [0, 0.05) is 17.5 Å². The molecule has 1 aromatic heterocycles. The average molecular weight is 287 g/mol. The molecule has 0 saturated heterocycles. The van der Waals surface area contributed by atoms with E-state index in [0.717, 1.165) is 5.56 Å². The van der Waals surface area contributed by atoms with Crippen LogP contribution in [0, 0.1) is 18.3 Å². The van der Waals surface area contributed by atoms with Crippen molar-refractivity contribution in [1.29, 1.82) is 5.26 Å². The van der Waals surface area contributed by atoms with E-state index < -0.39 is 0 Å². The van der Waals surface area contributed by atoms with E-state index in [9.17, 15) is 4.79 Å². The topological polar surface area (TPSA) is 78.8 Å². The highest BCUT2D eigenvalue weighted by molar-refractivity contribution is 7.98. The van der Waals surface area contributed by atoms with Crippen molar-refractivity contribution in [3.05, 3.63) is 51.4 Å². The summed E-state index contributed by atoms with van der Waals surface area (Å²) in [5.74, 6) is 1.19. The number of hydrogen-bond donors (Lipinski definition) is 1. The van der Waals surface area contributed by atoms with Crippen LogP contribution in [0.4, 0.5) is 0 Å². The van der Waals surface area contributed by atoms with E-state index in [1.807, 2.05) is 12.1 Å². The lowest BCUT2D eigenvalue weighted by atomic mass is 10.1. The first-order valence-electron chi connectivity index (χ1n) is 5.90. The zero-order chi connectivity index (χ0) is 14.5. The van der Waals surface area contributed by atoms with E-state index in [0.29, 0.717) is 27.9 Å². The molecule has 2 rings (SSSR count). The monoisotopic (exact) mass is 287 g/mol. The van der Waals surface area contributed by atoms with Crippen LogP contribution >= 0.6 is 11.8 Å². The van der Waals surface area contributed by atoms with E-state index in [1.165, 1.54) is 24.9 Å². The number of H-pyrrole nitrogens is 1. The number of rotatable bonds is 4. The van der Waals surface area contributed by atoms with Crippen molar-refractivity contribution in [2.75, 3.05) is 7.11 Å². The summed E-state index contributed by atoms with van der Waals surface area (Å²) in [6.45, 7) is 1.78. The maximum Gasteiger partial charge on any atom is 0.251 e. The van der Waals surface area contributed by atoms with Gasteiger partial charge in [0.1, 0.15) is 11.8 Å². The molecule has 0 bridgehead atoms. The van der Waals surface area contributed by atoms with Gasteiger partial charge in [0.15, 0.2) is 5.16 Å². The molecule has 1 aromatic carbocycles. The molecule has 0 amide bonds. The fraction of sp³-hybridized carbons (Fsp3) is 0.214. The third kappa shape index (κ3) is 3.39. The molecule has 0 saturated carbocycles. The van der Waals surface area contributed by atoms with Crippen LogP contribution in [0.5, 0.6) is 5.75 Å². The maximum absolute atomic E-state index is 11.3. The van der Waals surface area contributed by atoms with Gasteiger partial charge in [0.05, 0.1) is 12.7 Å². The Morgan fingerprint density at radius 2 is 2.25 bits per heavy atom. The number of aromatic nitrogens is 2. The van der Waals surface area contributed by atoms with Crippen LogP contribution in [0.25, 0.3) is 0 Å². The van der Waals surface area contributed by atoms with Crippen LogP contribution < -0.4 is 10.3 Å². The largest absolute Gasteiger partial charge is 0.495 e. The molecule has 1 heterocycles. The Labute approximate surface area is 120 Å². The van der Waals surface area contributed by atoms with Crippen molar-refractivity contribution in [1.82, 2.24) is 9.97 Å². The summed E-state index contributed by atoms with van der Waals surface area (Å²) in [6, 6.07) is 8.93. The number of hydrogen-bond acceptors (Lipinski definition) is 5. The quantitative estimate of drug-likeness (QED) is 0.689. The summed E-state index contributed by atoms with van der Waals surface area (Å²) in [4.78, 5) is 18.3. The molecular formula is C14H13N3O2S. The SMILES string of the molecule is COc1cc(CSc2nc(C)cc(=O)[nH]2)ccc1C#N. The lowest BCUT2D eigenvalue weighted by molar-refractivity contribution is 0.413. The zero-order valence-corrected chi connectivity index (χ0v) is 12.0. The predicted molar refractivity (Wildman–Crippen MR) is 76.9 cm³/mol. The normalized spacial score (nSPS) is 10.1. The van der Waals surface area contributed by atoms with Crippen molar-refractivity contribution in [3.8, 4) is 11.8 Å². The molecule has 6 heteroatoms. The van der Waals surface area contributed by atoms with Gasteiger partial charge in [0.2, 0.25) is 0 Å². The van der Waals surface area contributed by atoms with Gasteiger partial charge in [-0.15, -0.1) is 0 Å². The summed E-state index contributed by atoms with van der Waals surface area (Å²) in [7, 11) is 1.53. The molecule has 0 aliphatic heterocycles. The second-order valence-corrected chi connectivity index (χ2v) is 5.09. The minimum Gasteiger partial charge on any atom is -0.495 e. The highest BCUT2D eigenvalue weighted by atomic mass is 32.2. The summed E-state index contributed by atoms with van der Waals surface area (Å²) in [5, 5.41) is 9.51. The molecule has 0 aliphatic rings. The number of benzene rings is 1. The highest BCUT2D eigenvalue weighted by Crippen LogP contribution is 2.24. The Kier molecular flexibility index (Phi) is 4.43. The van der Waals surface area contributed by atoms with Gasteiger partial charge in [-0.2, -0.15) is 5.26 Å². The number of nitrogens with one attached hydrogen (secondary N) is 1. The van der Waals surface area contributed by atoms with Crippen LogP contribution in [0.2, 0.25) is 0 Å². The predicted octanol–water partition coefficient (Wildman–Crippen LogP) is 2.25. The molecule has 0 unspecified atom stereocenters. The van der Waals surface area contributed by atoms with Gasteiger partial charge >= 0.3 is 0 Å². The molecule has 0 spiro atoms. The molecule has 0 fully saturated rings. The molecule has 0 aliphatic carbocycles. The van der Waals surface area contributed by atoms with Gasteiger partial charge in [0.25, 0.3) is 5.56 Å². The standard InChI is InChI=1S/C14H13N3O2S/c1-9-5-13(18)17-14(16-9)20-8-10-3-4-11(7-15)12(6-10)19-2/h3-6H,8H2,1-2H3,(H,16,17,18). The highest BCUT2D eigenvalue weighted by Gasteiger charge is 2.05. The fourth-order valence-corrected chi connectivity index (χ4v) is 2.55. The van der Waals surface area contributed by atoms with Crippen LogP contribution in [0.1, 0.15) is 16.8 Å². The van der Waals surface area contributed by atoms with Crippen LogP contribution in [-0.2, 0) is 5.75 Å². The van der Waals surface area contributed by atoms with Crippen molar-refractivity contribution < 1.29 is 4.74 Å². The molecular weight excluding hydrogens is 274 g/mol. The first-order chi connectivity index (χ1) is 9.62. The van der Waals surface area contributed by atoms with E-state index in [4.69, 9.17) is 10.00 Å². The average Bonchev–Trinajstić information content (AvgIpc) is 2.43. The molecule has 102 valence electrons. The first kappa shape index (κ1) is 14.2. The Hall–Kier alpha value is -2.26. The number of thioether (sulfide) groups is 1. The van der Waals surface area contributed by atoms with Gasteiger partial charge < -0.3 is 9.72 Å². The fourth-order valence-electron chi connectivity index (χ4n) is 1.69. The van der Waals surface area contributed by atoms with E-state index >= 15 is 0 Å². The Balaban J connectivity index is 2.15. The second-order valence-electron chi connectivity index (χ2n) is 4.13. The summed E-state index contributed by atoms with van der Waals surface area (Å²) in [5.41, 5.74) is 2.03. The van der Waals surface area contributed by atoms with E-state index in [2.05, 4.69) is 16.0 Å². The molecule has 2 aromatic rings. The molecule has 0 radical (unpaired) electrons. The minimum atomic E-state index is -0.155. The van der Waals surface area contributed by atoms with Crippen molar-refractivity contribution in [3.63, 3.8) is 0 Å². The number of nitrogens with zero attached hydrogens (tertiary/aromatic N) is 2. The summed E-state index contributed by atoms with van der Waals surface area (Å²) < 4.78 is 5.16. The smallest absolute Gasteiger partial charge is 0.251 e. The van der Waals surface area contributed by atoms with Gasteiger partial charge in [-0.1, -0.05) is 17.8 Å². The second kappa shape index (κ2) is 6.26. The molecule has 5 nitrogen and oxygen atoms in total. The number of aryl methyl sites for hydroxylation is 1. The molecule has 1 N–H and O–H groups in total. The Bertz CT molecular complexity index is 719. The van der Waals surface area contributed by atoms with Crippen LogP contribution in [0.15, 0.2) is 34.2 Å². The number of methoxy groups -OCH3 is 1. The molecule has 20 heavy (non-hydrogen) atoms. The van der Waals surface area contributed by atoms with E-state index in [1.54, 1.807) is 13.0 Å². The third-order valence-electron chi connectivity index (χ3n) is 2.61. The number of aromatic amines is 1. The van der Waals surface area contributed by atoms with Crippen LogP contribution in [-0.4, -0.2) is 17.1 Å². The van der Waals surface area contributed by atoms with Crippen molar-refractivity contribution in [2.45, 2.75) is 17.8 Å². The maximum atomic E-state index is 11.3. The Morgan fingerprint density at radius 3 is 2.90 bits per heavy atom. The minimum absolute atomic E-state index is 0.155. The lowest BCUT2D eigenvalue weighted by Gasteiger charge is -2.06. The van der Waals surface area contributed by atoms with E-state index in [-0.39, 0.29) is 5.56 Å². The zero-order valence-electron chi connectivity index (χ0n) is 11.1. The van der Waals surface area contributed by atoms with Gasteiger partial charge in [-0.3, -0.25) is 4.79 Å². The first-order valence-corrected chi connectivity index (χ1v) is 6.88. The summed E-state index contributed by atoms with van der Waals surface area (Å²) in [6.07, 6.45) is 0. The Morgan fingerprint density at radius 1 is 1.45 bits per heavy atom. The van der Waals surface area contributed by atoms with Crippen molar-refractivity contribution in [2.24, 2.45) is 0 Å². The molecule has 0 atom stereocenters. The van der Waals surface area contributed by atoms with Crippen LogP contribution in [0.3, 0.4) is 0 Å². The lowest BCUT2D eigenvalue weighted by Crippen LogP contribution is -2.08. The summed E-state index contributed by atoms with van der Waals surface area (Å²) >= 11 is 1.43. The van der Waals surface area contributed by atoms with Gasteiger partial charge in [-0.05, 0) is 24.6 Å². The third-order valence-corrected chi connectivity index (χ3v) is 3.55. The number of ether oxygens (including phenoxy) is 1.